The number of amides is 1. The van der Waals surface area contributed by atoms with E-state index in [9.17, 15) is 4.79 Å². The molecular weight excluding hydrogens is 332 g/mol. The number of furan rings is 1. The smallest absolute Gasteiger partial charge is 0.257 e. The molecule has 0 spiro atoms. The Kier molecular flexibility index (Phi) is 4.19. The Morgan fingerprint density at radius 1 is 1.38 bits per heavy atom. The molecule has 0 aromatic carbocycles. The van der Waals surface area contributed by atoms with Gasteiger partial charge >= 0.3 is 0 Å². The Hall–Kier alpha value is -1.49. The summed E-state index contributed by atoms with van der Waals surface area (Å²) in [4.78, 5) is 14.8. The second-order valence-electron chi connectivity index (χ2n) is 5.55. The van der Waals surface area contributed by atoms with Crippen LogP contribution in [0.2, 0.25) is 0 Å². The molecule has 112 valence electrons. The Bertz CT molecular complexity index is 632. The van der Waals surface area contributed by atoms with E-state index < -0.39 is 0 Å². The zero-order chi connectivity index (χ0) is 14.8. The first kappa shape index (κ1) is 14.4. The molecule has 1 aliphatic heterocycles. The highest BCUT2D eigenvalue weighted by molar-refractivity contribution is 9.10. The molecule has 0 radical (unpaired) electrons. The summed E-state index contributed by atoms with van der Waals surface area (Å²) in [5, 5.41) is 0. The molecule has 1 amide bonds. The lowest BCUT2D eigenvalue weighted by atomic mass is 10.1. The zero-order valence-corrected chi connectivity index (χ0v) is 13.7. The molecule has 0 bridgehead atoms. The lowest BCUT2D eigenvalue weighted by molar-refractivity contribution is 0.0674. The minimum atomic E-state index is 0.0533. The fraction of sp³-hybridized carbons (Fsp3) is 0.438. The average Bonchev–Trinajstić information content (AvgIpc) is 3.00. The van der Waals surface area contributed by atoms with Crippen LogP contribution in [0.15, 0.2) is 39.7 Å². The van der Waals surface area contributed by atoms with Gasteiger partial charge in [0.05, 0.1) is 11.6 Å². The Balaban J connectivity index is 1.92. The normalized spacial score (nSPS) is 19.5. The third-order valence-corrected chi connectivity index (χ3v) is 4.57. The second kappa shape index (κ2) is 6.10. The molecule has 4 nitrogen and oxygen atoms in total. The van der Waals surface area contributed by atoms with Crippen LogP contribution in [0.25, 0.3) is 0 Å². The summed E-state index contributed by atoms with van der Waals surface area (Å²) < 4.78 is 7.93. The van der Waals surface area contributed by atoms with Crippen LogP contribution in [0.4, 0.5) is 0 Å². The fourth-order valence-corrected chi connectivity index (χ4v) is 3.41. The summed E-state index contributed by atoms with van der Waals surface area (Å²) >= 11 is 3.26. The Labute approximate surface area is 132 Å². The summed E-state index contributed by atoms with van der Waals surface area (Å²) in [6.07, 6.45) is 7.99. The molecule has 2 aromatic heterocycles. The first-order chi connectivity index (χ1) is 10.2. The summed E-state index contributed by atoms with van der Waals surface area (Å²) in [6.45, 7) is 0.803. The number of carbonyl (C=O) groups is 1. The fourth-order valence-electron chi connectivity index (χ4n) is 3.07. The summed E-state index contributed by atoms with van der Waals surface area (Å²) in [5.74, 6) is 0.0533. The van der Waals surface area contributed by atoms with Crippen LogP contribution >= 0.6 is 15.9 Å². The van der Waals surface area contributed by atoms with Crippen molar-refractivity contribution in [2.24, 2.45) is 7.05 Å². The largest absolute Gasteiger partial charge is 0.457 e. The van der Waals surface area contributed by atoms with E-state index in [4.69, 9.17) is 4.42 Å². The predicted molar refractivity (Wildman–Crippen MR) is 84.1 cm³/mol. The molecule has 5 heteroatoms. The van der Waals surface area contributed by atoms with Crippen LogP contribution in [0.3, 0.4) is 0 Å². The van der Waals surface area contributed by atoms with E-state index in [1.165, 1.54) is 18.4 Å². The number of hydrogen-bond acceptors (Lipinski definition) is 2. The molecule has 1 aliphatic rings. The van der Waals surface area contributed by atoms with Crippen LogP contribution in [0.5, 0.6) is 0 Å². The number of halogens is 1. The first-order valence-electron chi connectivity index (χ1n) is 7.33. The number of carbonyl (C=O) groups excluding carboxylic acids is 1. The van der Waals surface area contributed by atoms with Gasteiger partial charge in [0.1, 0.15) is 6.26 Å². The molecule has 0 N–H and O–H groups in total. The van der Waals surface area contributed by atoms with E-state index >= 15 is 0 Å². The van der Waals surface area contributed by atoms with Gasteiger partial charge in [-0.1, -0.05) is 12.8 Å². The van der Waals surface area contributed by atoms with Crippen LogP contribution in [-0.4, -0.2) is 21.9 Å². The van der Waals surface area contributed by atoms with Crippen LogP contribution in [-0.2, 0) is 7.05 Å². The molecule has 0 saturated carbocycles. The lowest BCUT2D eigenvalue weighted by Crippen LogP contribution is -2.35. The summed E-state index contributed by atoms with van der Waals surface area (Å²) in [5.41, 5.74) is 1.82. The SMILES string of the molecule is Cn1cccc1C1CCCCCN1C(=O)c1coc(Br)c1. The van der Waals surface area contributed by atoms with Crippen LogP contribution in [0, 0.1) is 0 Å². The Morgan fingerprint density at radius 2 is 2.24 bits per heavy atom. The van der Waals surface area contributed by atoms with E-state index in [-0.39, 0.29) is 11.9 Å². The van der Waals surface area contributed by atoms with Crippen molar-refractivity contribution in [1.29, 1.82) is 0 Å². The van der Waals surface area contributed by atoms with Crippen molar-refractivity contribution < 1.29 is 9.21 Å². The zero-order valence-electron chi connectivity index (χ0n) is 12.1. The highest BCUT2D eigenvalue weighted by Crippen LogP contribution is 2.32. The van der Waals surface area contributed by atoms with Gasteiger partial charge in [0.25, 0.3) is 5.91 Å². The quantitative estimate of drug-likeness (QED) is 0.816. The van der Waals surface area contributed by atoms with Gasteiger partial charge in [-0.3, -0.25) is 4.79 Å². The molecular formula is C16H19BrN2O2. The van der Waals surface area contributed by atoms with Gasteiger partial charge in [0, 0.05) is 31.5 Å². The third-order valence-electron chi connectivity index (χ3n) is 4.15. The Morgan fingerprint density at radius 3 is 2.90 bits per heavy atom. The van der Waals surface area contributed by atoms with Gasteiger partial charge in [-0.05, 0) is 40.9 Å². The van der Waals surface area contributed by atoms with Gasteiger partial charge < -0.3 is 13.9 Å². The maximum absolute atomic E-state index is 12.8. The molecule has 1 saturated heterocycles. The number of nitrogens with zero attached hydrogens (tertiary/aromatic N) is 2. The van der Waals surface area contributed by atoms with Crippen molar-refractivity contribution >= 4 is 21.8 Å². The van der Waals surface area contributed by atoms with Crippen LogP contribution < -0.4 is 0 Å². The van der Waals surface area contributed by atoms with Crippen molar-refractivity contribution in [3.63, 3.8) is 0 Å². The average molecular weight is 351 g/mol. The molecule has 0 aliphatic carbocycles. The molecule has 1 fully saturated rings. The molecule has 21 heavy (non-hydrogen) atoms. The third kappa shape index (κ3) is 2.93. The number of rotatable bonds is 2. The topological polar surface area (TPSA) is 38.4 Å². The number of hydrogen-bond donors (Lipinski definition) is 0. The van der Waals surface area contributed by atoms with Crippen molar-refractivity contribution in [2.75, 3.05) is 6.54 Å². The molecule has 1 atom stereocenters. The minimum Gasteiger partial charge on any atom is -0.457 e. The van der Waals surface area contributed by atoms with E-state index in [2.05, 4.69) is 26.6 Å². The number of aromatic nitrogens is 1. The van der Waals surface area contributed by atoms with E-state index in [1.807, 2.05) is 24.2 Å². The molecule has 2 aromatic rings. The predicted octanol–water partition coefficient (Wildman–Crippen LogP) is 4.14. The van der Waals surface area contributed by atoms with Gasteiger partial charge in [0.15, 0.2) is 4.67 Å². The van der Waals surface area contributed by atoms with Gasteiger partial charge in [0.2, 0.25) is 0 Å². The number of aryl methyl sites for hydroxylation is 1. The van der Waals surface area contributed by atoms with E-state index in [0.29, 0.717) is 10.2 Å². The molecule has 1 unspecified atom stereocenters. The van der Waals surface area contributed by atoms with Gasteiger partial charge in [-0.2, -0.15) is 0 Å². The van der Waals surface area contributed by atoms with Crippen molar-refractivity contribution in [3.8, 4) is 0 Å². The van der Waals surface area contributed by atoms with E-state index in [1.54, 1.807) is 6.07 Å². The second-order valence-corrected chi connectivity index (χ2v) is 6.33. The van der Waals surface area contributed by atoms with Gasteiger partial charge in [-0.15, -0.1) is 0 Å². The lowest BCUT2D eigenvalue weighted by Gasteiger charge is -2.30. The number of likely N-dealkylation sites (tertiary alicyclic amines) is 1. The van der Waals surface area contributed by atoms with Crippen LogP contribution in [0.1, 0.15) is 47.8 Å². The van der Waals surface area contributed by atoms with Gasteiger partial charge in [-0.25, -0.2) is 0 Å². The summed E-state index contributed by atoms with van der Waals surface area (Å²) in [6, 6.07) is 6.04. The maximum Gasteiger partial charge on any atom is 0.257 e. The van der Waals surface area contributed by atoms with E-state index in [0.717, 1.165) is 25.8 Å². The summed E-state index contributed by atoms with van der Waals surface area (Å²) in [7, 11) is 2.04. The minimum absolute atomic E-state index is 0.0533. The van der Waals surface area contributed by atoms with Crippen molar-refractivity contribution in [2.45, 2.75) is 31.7 Å². The van der Waals surface area contributed by atoms with Crippen molar-refractivity contribution in [1.82, 2.24) is 9.47 Å². The first-order valence-corrected chi connectivity index (χ1v) is 8.12. The molecule has 3 rings (SSSR count). The highest BCUT2D eigenvalue weighted by atomic mass is 79.9. The maximum atomic E-state index is 12.8. The highest BCUT2D eigenvalue weighted by Gasteiger charge is 2.29. The van der Waals surface area contributed by atoms with Crippen molar-refractivity contribution in [3.05, 3.63) is 46.6 Å². The standard InChI is InChI=1S/C16H19BrN2O2/c1-18-8-5-7-13(18)14-6-3-2-4-9-19(14)16(20)12-10-15(17)21-11-12/h5,7-8,10-11,14H,2-4,6,9H2,1H3. The monoisotopic (exact) mass is 350 g/mol. The molecule has 3 heterocycles.